The summed E-state index contributed by atoms with van der Waals surface area (Å²) in [4.78, 5) is 0. The normalized spacial score (nSPS) is 14.1. The molecule has 0 aromatic heterocycles. The van der Waals surface area contributed by atoms with Gasteiger partial charge >= 0.3 is 0 Å². The molecule has 0 nitrogen and oxygen atoms in total. The lowest BCUT2D eigenvalue weighted by Gasteiger charge is -2.48. The molecule has 1 aromatic rings. The highest BCUT2D eigenvalue weighted by atomic mass is 14.2. The van der Waals surface area contributed by atoms with Crippen LogP contribution in [0.5, 0.6) is 0 Å². The van der Waals surface area contributed by atoms with Crippen molar-refractivity contribution in [2.45, 2.75) is 58.6 Å². The van der Waals surface area contributed by atoms with Gasteiger partial charge in [-0.25, -0.2) is 0 Å². The molecular weight excluding hydrogens is 625 g/mol. The topological polar surface area (TPSA) is 0 Å². The van der Waals surface area contributed by atoms with E-state index in [9.17, 15) is 0 Å². The maximum atomic E-state index is 6.72. The molecule has 2 rings (SSSR count). The summed E-state index contributed by atoms with van der Waals surface area (Å²) in [6.45, 7) is 4.96. The molecule has 1 saturated carbocycles. The Balaban J connectivity index is 0.00000771. The number of hydrogen-bond acceptors (Lipinski definition) is 0. The van der Waals surface area contributed by atoms with Crippen molar-refractivity contribution < 1.29 is 0 Å². The zero-order valence-corrected chi connectivity index (χ0v) is 34.1. The van der Waals surface area contributed by atoms with Crippen LogP contribution >= 0.6 is 0 Å². The first-order chi connectivity index (χ1) is 26.2. The largest absolute Gasteiger partial charge is 0.0984 e. The Labute approximate surface area is 380 Å². The molecule has 41 radical (unpaired) electrons. The van der Waals surface area contributed by atoms with Gasteiger partial charge in [-0.1, -0.05) is 87.0 Å². The molecule has 1 aliphatic rings. The van der Waals surface area contributed by atoms with Gasteiger partial charge in [0.25, 0.3) is 0 Å². The zero-order chi connectivity index (χ0) is 43.2. The second-order valence-electron chi connectivity index (χ2n) is 15.9. The number of aryl methyl sites for hydroxylation is 1. The molecule has 1 aromatic carbocycles. The molecule has 56 heavy (non-hydrogen) atoms. The van der Waals surface area contributed by atoms with Crippen molar-refractivity contribution in [3.63, 3.8) is 0 Å². The van der Waals surface area contributed by atoms with Crippen LogP contribution in [-0.4, -0.2) is 283 Å². The molecule has 0 unspecified atom stereocenters. The van der Waals surface area contributed by atoms with E-state index in [1.807, 2.05) is 45.0 Å². The summed E-state index contributed by atoms with van der Waals surface area (Å²) in [5.41, 5.74) is 2.03. The van der Waals surface area contributed by atoms with Crippen molar-refractivity contribution in [3.8, 4) is 0 Å². The van der Waals surface area contributed by atoms with Gasteiger partial charge in [-0.2, -0.15) is 0 Å². The summed E-state index contributed by atoms with van der Waals surface area (Å²) in [6, 6.07) is 8.13. The molecule has 1 aliphatic carbocycles. The van der Waals surface area contributed by atoms with E-state index in [-0.39, 0.29) is 24.7 Å². The lowest BCUT2D eigenvalue weighted by atomic mass is 8.40. The number of hydrogen-bond donors (Lipinski definition) is 0. The van der Waals surface area contributed by atoms with Crippen LogP contribution in [0.4, 0.5) is 0 Å². The lowest BCUT2D eigenvalue weighted by molar-refractivity contribution is 0.383. The second kappa shape index (κ2) is 27.8. The number of rotatable bonds is 23. The van der Waals surface area contributed by atoms with Crippen LogP contribution in [0, 0.1) is 12.8 Å². The van der Waals surface area contributed by atoms with Crippen LogP contribution in [0.3, 0.4) is 0 Å². The summed E-state index contributed by atoms with van der Waals surface area (Å²) < 4.78 is 0. The van der Waals surface area contributed by atoms with Gasteiger partial charge in [0.2, 0.25) is 0 Å². The fourth-order valence-corrected chi connectivity index (χ4v) is 9.80. The fraction of sp³-hybridized carbons (Fsp3) is 0.625. The quantitative estimate of drug-likeness (QED) is 0.104. The maximum absolute atomic E-state index is 6.72. The monoisotopic (exact) mass is 658 g/mol. The zero-order valence-electron chi connectivity index (χ0n) is 34.1. The predicted octanol–water partition coefficient (Wildman–Crippen LogP) is -10.6. The third-order valence-corrected chi connectivity index (χ3v) is 12.3. The third kappa shape index (κ3) is 15.6. The van der Waals surface area contributed by atoms with Crippen molar-refractivity contribution in [2.24, 2.45) is 5.92 Å². The molecule has 0 spiro atoms. The van der Waals surface area contributed by atoms with E-state index in [4.69, 9.17) is 147 Å². The Morgan fingerprint density at radius 2 is 0.911 bits per heavy atom. The minimum absolute atomic E-state index is 0.0323. The highest BCUT2D eigenvalue weighted by Crippen LogP contribution is 2.39. The average molecular weight is 650 g/mol. The van der Waals surface area contributed by atoms with Crippen LogP contribution in [-0.2, 0) is 0 Å². The van der Waals surface area contributed by atoms with Crippen molar-refractivity contribution in [1.82, 2.24) is 0 Å². The van der Waals surface area contributed by atoms with Crippen LogP contribution in [0.15, 0.2) is 24.3 Å². The molecule has 0 atom stereocenters. The number of benzene rings is 1. The minimum atomic E-state index is -0.947. The van der Waals surface area contributed by atoms with E-state index < -0.39 is 102 Å². The predicted molar refractivity (Wildman–Crippen MR) is 303 cm³/mol. The molecule has 1 fully saturated rings. The van der Waals surface area contributed by atoms with Crippen molar-refractivity contribution in [3.05, 3.63) is 29.8 Å². The summed E-state index contributed by atoms with van der Waals surface area (Å²) in [7, 11) is 126. The van der Waals surface area contributed by atoms with Gasteiger partial charge in [-0.05, 0) is 12.8 Å². The van der Waals surface area contributed by atoms with E-state index in [1.165, 1.54) is 21.2 Å². The van der Waals surface area contributed by atoms with Crippen molar-refractivity contribution >= 4 is 289 Å². The SMILES string of the molecule is CC.[B][B]B([B])B(B(CC1CCC(B(B(B([B])[B])B([B])[B][B])B(B(B([B])[B])B([B])[B])c2ccc(C)cc2)CC1)B(B([B])[B])B([B][B])B([B])[B])B(B([B])[B])B([B])[B]. The lowest BCUT2D eigenvalue weighted by Crippen LogP contribution is -2.81. The van der Waals surface area contributed by atoms with Crippen molar-refractivity contribution in [1.29, 1.82) is 0 Å². The van der Waals surface area contributed by atoms with E-state index >= 15 is 0 Å². The minimum Gasteiger partial charge on any atom is -0.0984 e. The molecule has 209 valence electrons. The van der Waals surface area contributed by atoms with E-state index in [2.05, 4.69) is 0 Å². The second-order valence-corrected chi connectivity index (χ2v) is 15.9. The molecular formula is C16H25B40. The molecule has 0 heterocycles. The summed E-state index contributed by atoms with van der Waals surface area (Å²) >= 11 is 0. The van der Waals surface area contributed by atoms with Crippen LogP contribution < -0.4 is 5.46 Å². The van der Waals surface area contributed by atoms with E-state index in [0.29, 0.717) is 6.32 Å². The van der Waals surface area contributed by atoms with Gasteiger partial charge in [-0.3, -0.25) is 0 Å². The maximum Gasteiger partial charge on any atom is 0.0900 e. The molecule has 0 amide bonds. The highest BCUT2D eigenvalue weighted by molar-refractivity contribution is 8.17. The summed E-state index contributed by atoms with van der Waals surface area (Å²) in [5, 5.41) is 0. The first kappa shape index (κ1) is 55.8. The Morgan fingerprint density at radius 3 is 1.27 bits per heavy atom. The molecule has 0 bridgehead atoms. The first-order valence-electron chi connectivity index (χ1n) is 20.1. The van der Waals surface area contributed by atoms with Gasteiger partial charge in [0.15, 0.2) is 0 Å². The van der Waals surface area contributed by atoms with Crippen molar-refractivity contribution in [2.75, 3.05) is 0 Å². The van der Waals surface area contributed by atoms with Crippen LogP contribution in [0.1, 0.15) is 45.1 Å². The van der Waals surface area contributed by atoms with Crippen LogP contribution in [0.25, 0.3) is 0 Å². The molecule has 0 saturated heterocycles. The molecule has 0 N–H and O–H groups in total. The highest BCUT2D eigenvalue weighted by Gasteiger charge is 2.52. The molecule has 0 aliphatic heterocycles. The first-order valence-corrected chi connectivity index (χ1v) is 20.1. The molecule has 40 heteroatoms. The van der Waals surface area contributed by atoms with Gasteiger partial charge in [0.1, 0.15) is 0 Å². The van der Waals surface area contributed by atoms with Gasteiger partial charge in [-0.15, -0.1) is 0 Å². The van der Waals surface area contributed by atoms with Gasteiger partial charge < -0.3 is 0 Å². The third-order valence-electron chi connectivity index (χ3n) is 12.3. The Morgan fingerprint density at radius 1 is 0.500 bits per heavy atom. The van der Waals surface area contributed by atoms with Crippen LogP contribution in [0.2, 0.25) is 12.1 Å². The van der Waals surface area contributed by atoms with Gasteiger partial charge in [0.05, 0.1) is 13.0 Å². The van der Waals surface area contributed by atoms with E-state index in [0.717, 1.165) is 36.7 Å². The Kier molecular flexibility index (Phi) is 27.7. The average Bonchev–Trinajstić information content (AvgIpc) is 3.13. The summed E-state index contributed by atoms with van der Waals surface area (Å²) in [6.07, 6.45) is -7.56. The van der Waals surface area contributed by atoms with E-state index in [1.54, 1.807) is 0 Å². The Bertz CT molecular complexity index is 1140. The van der Waals surface area contributed by atoms with Gasteiger partial charge in [0, 0.05) is 270 Å². The smallest absolute Gasteiger partial charge is 0.0900 e. The standard InChI is InChI=1S/C14H19B40.C2H6/c1-11-2-6-13(7-3-11)38(52(42(22)23)43(24)25)39(53(44(26)27)48(33)35-16)14-8-4-12(5-9-14)10-37(50(41(20)21)49(36-17)40(18)19)51(47(32)34-15)54(45(28)29)46(30)31;1-2/h2-3,6-7,12,14H,4-5,8-10H2,1H3;1-2H3. The fourth-order valence-electron chi connectivity index (χ4n) is 9.80. The summed E-state index contributed by atoms with van der Waals surface area (Å²) in [5.74, 6) is 0.156. The Hall–Kier alpha value is 1.82.